The minimum Gasteiger partial charge on any atom is -0.483 e. The third kappa shape index (κ3) is 5.49. The van der Waals surface area contributed by atoms with Crippen molar-refractivity contribution < 1.29 is 9.53 Å². The van der Waals surface area contributed by atoms with Gasteiger partial charge in [0.1, 0.15) is 5.75 Å². The van der Waals surface area contributed by atoms with Crippen molar-refractivity contribution in [1.82, 2.24) is 0 Å². The number of nitrogens with two attached hydrogens (primary N) is 1. The maximum absolute atomic E-state index is 12.3. The van der Waals surface area contributed by atoms with Crippen LogP contribution in [0.15, 0.2) is 36.4 Å². The van der Waals surface area contributed by atoms with Gasteiger partial charge in [-0.15, -0.1) is 0 Å². The third-order valence-electron chi connectivity index (χ3n) is 4.54. The minimum atomic E-state index is -0.192. The molecule has 0 saturated carbocycles. The van der Waals surface area contributed by atoms with Crippen molar-refractivity contribution in [2.75, 3.05) is 17.7 Å². The van der Waals surface area contributed by atoms with E-state index in [-0.39, 0.29) is 23.3 Å². The van der Waals surface area contributed by atoms with E-state index in [9.17, 15) is 4.79 Å². The van der Waals surface area contributed by atoms with E-state index in [0.717, 1.165) is 22.6 Å². The molecule has 0 radical (unpaired) electrons. The molecule has 0 unspecified atom stereocenters. The molecule has 0 saturated heterocycles. The van der Waals surface area contributed by atoms with Crippen LogP contribution in [0.25, 0.3) is 0 Å². The second kappa shape index (κ2) is 7.63. The molecule has 27 heavy (non-hydrogen) atoms. The molecule has 3 N–H and O–H groups in total. The number of carbonyl (C=O) groups is 1. The maximum atomic E-state index is 12.3. The van der Waals surface area contributed by atoms with Crippen LogP contribution in [-0.4, -0.2) is 12.5 Å². The average Bonchev–Trinajstić information content (AvgIpc) is 2.53. The van der Waals surface area contributed by atoms with Gasteiger partial charge in [-0.25, -0.2) is 0 Å². The van der Waals surface area contributed by atoms with Crippen LogP contribution in [0.5, 0.6) is 5.75 Å². The van der Waals surface area contributed by atoms with E-state index in [2.05, 4.69) is 59.0 Å². The number of nitrogen functional groups attached to an aromatic ring is 1. The van der Waals surface area contributed by atoms with Gasteiger partial charge in [-0.05, 0) is 58.7 Å². The van der Waals surface area contributed by atoms with Crippen LogP contribution < -0.4 is 15.8 Å². The van der Waals surface area contributed by atoms with Crippen LogP contribution in [0, 0.1) is 6.92 Å². The van der Waals surface area contributed by atoms with Gasteiger partial charge < -0.3 is 15.8 Å². The molecule has 2 rings (SSSR count). The van der Waals surface area contributed by atoms with E-state index in [0.29, 0.717) is 5.69 Å². The van der Waals surface area contributed by atoms with Gasteiger partial charge in [0.2, 0.25) is 0 Å². The second-order valence-electron chi connectivity index (χ2n) is 9.12. The average molecular weight is 369 g/mol. The van der Waals surface area contributed by atoms with E-state index >= 15 is 0 Å². The van der Waals surface area contributed by atoms with Crippen molar-refractivity contribution >= 4 is 17.3 Å². The topological polar surface area (TPSA) is 64.3 Å². The quantitative estimate of drug-likeness (QED) is 0.730. The third-order valence-corrected chi connectivity index (χ3v) is 4.54. The summed E-state index contributed by atoms with van der Waals surface area (Å²) in [4.78, 5) is 12.3. The van der Waals surface area contributed by atoms with Crippen molar-refractivity contribution in [3.8, 4) is 5.75 Å². The Kier molecular flexibility index (Phi) is 5.88. The molecule has 4 heteroatoms. The van der Waals surface area contributed by atoms with Crippen molar-refractivity contribution in [1.29, 1.82) is 0 Å². The van der Waals surface area contributed by atoms with Crippen LogP contribution in [0.2, 0.25) is 0 Å². The summed E-state index contributed by atoms with van der Waals surface area (Å²) in [5.41, 5.74) is 10.4. The fourth-order valence-electron chi connectivity index (χ4n) is 2.87. The van der Waals surface area contributed by atoms with Crippen molar-refractivity contribution in [3.05, 3.63) is 53.1 Å². The molecule has 0 atom stereocenters. The van der Waals surface area contributed by atoms with Crippen LogP contribution in [0.1, 0.15) is 58.2 Å². The number of ether oxygens (including phenoxy) is 1. The zero-order chi connectivity index (χ0) is 20.4. The fraction of sp³-hybridized carbons (Fsp3) is 0.435. The second-order valence-corrected chi connectivity index (χ2v) is 9.12. The molecule has 0 aliphatic rings. The Bertz CT molecular complexity index is 827. The highest BCUT2D eigenvalue weighted by Crippen LogP contribution is 2.35. The lowest BCUT2D eigenvalue weighted by molar-refractivity contribution is -0.118. The molecule has 0 aliphatic carbocycles. The lowest BCUT2D eigenvalue weighted by Crippen LogP contribution is -2.23. The number of hydrogen-bond donors (Lipinski definition) is 2. The molecule has 2 aromatic rings. The minimum absolute atomic E-state index is 0.0399. The summed E-state index contributed by atoms with van der Waals surface area (Å²) in [7, 11) is 0. The van der Waals surface area contributed by atoms with E-state index in [1.165, 1.54) is 5.56 Å². The molecular formula is C23H32N2O2. The Hall–Kier alpha value is -2.49. The van der Waals surface area contributed by atoms with Crippen molar-refractivity contribution in [3.63, 3.8) is 0 Å². The maximum Gasteiger partial charge on any atom is 0.262 e. The first kappa shape index (κ1) is 20.8. The number of rotatable bonds is 4. The highest BCUT2D eigenvalue weighted by Gasteiger charge is 2.23. The zero-order valence-corrected chi connectivity index (χ0v) is 17.6. The number of benzene rings is 2. The Morgan fingerprint density at radius 1 is 1.00 bits per heavy atom. The molecule has 1 amide bonds. The molecule has 146 valence electrons. The Labute approximate surface area is 163 Å². The lowest BCUT2D eigenvalue weighted by Gasteiger charge is -2.27. The van der Waals surface area contributed by atoms with Gasteiger partial charge in [-0.3, -0.25) is 4.79 Å². The van der Waals surface area contributed by atoms with E-state index in [1.54, 1.807) is 12.1 Å². The summed E-state index contributed by atoms with van der Waals surface area (Å²) < 4.78 is 5.89. The molecule has 2 aromatic carbocycles. The largest absolute Gasteiger partial charge is 0.483 e. The lowest BCUT2D eigenvalue weighted by atomic mass is 9.80. The predicted molar refractivity (Wildman–Crippen MR) is 114 cm³/mol. The first-order valence-corrected chi connectivity index (χ1v) is 9.32. The standard InChI is InChI=1S/C23H32N2O2/c1-15-12-17(24)9-10-19(15)25-21(26)14-27-20-11-8-16(22(2,3)4)13-18(20)23(5,6)7/h8-13H,14,24H2,1-7H3,(H,25,26). The highest BCUT2D eigenvalue weighted by molar-refractivity contribution is 5.92. The van der Waals surface area contributed by atoms with Gasteiger partial charge in [0.15, 0.2) is 6.61 Å². The van der Waals surface area contributed by atoms with Crippen LogP contribution in [0.4, 0.5) is 11.4 Å². The van der Waals surface area contributed by atoms with Crippen LogP contribution >= 0.6 is 0 Å². The number of amides is 1. The summed E-state index contributed by atoms with van der Waals surface area (Å²) >= 11 is 0. The van der Waals surface area contributed by atoms with Crippen LogP contribution in [0.3, 0.4) is 0 Å². The fourth-order valence-corrected chi connectivity index (χ4v) is 2.87. The summed E-state index contributed by atoms with van der Waals surface area (Å²) in [6, 6.07) is 11.7. The Morgan fingerprint density at radius 3 is 2.22 bits per heavy atom. The molecule has 0 heterocycles. The van der Waals surface area contributed by atoms with Crippen LogP contribution in [-0.2, 0) is 15.6 Å². The smallest absolute Gasteiger partial charge is 0.262 e. The molecule has 0 fully saturated rings. The monoisotopic (exact) mass is 368 g/mol. The van der Waals surface area contributed by atoms with Crippen molar-refractivity contribution in [2.45, 2.75) is 59.3 Å². The Morgan fingerprint density at radius 2 is 1.67 bits per heavy atom. The van der Waals surface area contributed by atoms with Crippen molar-refractivity contribution in [2.24, 2.45) is 0 Å². The zero-order valence-electron chi connectivity index (χ0n) is 17.6. The molecular weight excluding hydrogens is 336 g/mol. The molecule has 4 nitrogen and oxygen atoms in total. The first-order chi connectivity index (χ1) is 12.4. The SMILES string of the molecule is Cc1cc(N)ccc1NC(=O)COc1ccc(C(C)(C)C)cc1C(C)(C)C. The van der Waals surface area contributed by atoms with Gasteiger partial charge in [-0.2, -0.15) is 0 Å². The summed E-state index contributed by atoms with van der Waals surface area (Å²) in [5.74, 6) is 0.558. The first-order valence-electron chi connectivity index (χ1n) is 9.32. The number of aryl methyl sites for hydroxylation is 1. The van der Waals surface area contributed by atoms with Gasteiger partial charge >= 0.3 is 0 Å². The number of carbonyl (C=O) groups excluding carboxylic acids is 1. The van der Waals surface area contributed by atoms with Gasteiger partial charge in [0.05, 0.1) is 0 Å². The number of hydrogen-bond acceptors (Lipinski definition) is 3. The van der Waals surface area contributed by atoms with Gasteiger partial charge in [0.25, 0.3) is 5.91 Å². The summed E-state index contributed by atoms with van der Waals surface area (Å²) in [6.07, 6.45) is 0. The molecule has 0 bridgehead atoms. The number of nitrogens with one attached hydrogen (secondary N) is 1. The van der Waals surface area contributed by atoms with Gasteiger partial charge in [0, 0.05) is 11.4 Å². The number of anilines is 2. The molecule has 0 spiro atoms. The predicted octanol–water partition coefficient (Wildman–Crippen LogP) is 5.19. The Balaban J connectivity index is 2.15. The van der Waals surface area contributed by atoms with E-state index in [4.69, 9.17) is 10.5 Å². The molecule has 0 aliphatic heterocycles. The van der Waals surface area contributed by atoms with E-state index < -0.39 is 0 Å². The normalized spacial score (nSPS) is 12.0. The summed E-state index contributed by atoms with van der Waals surface area (Å²) in [5, 5.41) is 2.88. The molecule has 0 aromatic heterocycles. The van der Waals surface area contributed by atoms with Gasteiger partial charge in [-0.1, -0.05) is 53.7 Å². The highest BCUT2D eigenvalue weighted by atomic mass is 16.5. The van der Waals surface area contributed by atoms with E-state index in [1.807, 2.05) is 19.1 Å². The summed E-state index contributed by atoms with van der Waals surface area (Å²) in [6.45, 7) is 14.9.